The Morgan fingerprint density at radius 3 is 2.00 bits per heavy atom. The second-order valence-corrected chi connectivity index (χ2v) is 7.79. The van der Waals surface area contributed by atoms with E-state index in [1.807, 2.05) is 0 Å². The molecular formula is C16H27NO2. The van der Waals surface area contributed by atoms with Crippen LogP contribution in [0, 0.1) is 35.5 Å². The SMILES string of the molecule is CC(C)C(N)(CC(=O)O)C1C2CC3CC(C2)CC1C3. The van der Waals surface area contributed by atoms with Crippen molar-refractivity contribution in [3.8, 4) is 0 Å². The van der Waals surface area contributed by atoms with Gasteiger partial charge in [0, 0.05) is 5.54 Å². The molecular weight excluding hydrogens is 238 g/mol. The van der Waals surface area contributed by atoms with Gasteiger partial charge in [0.15, 0.2) is 0 Å². The normalized spacial score (nSPS) is 43.5. The van der Waals surface area contributed by atoms with E-state index in [1.54, 1.807) is 0 Å². The monoisotopic (exact) mass is 265 g/mol. The minimum atomic E-state index is -0.731. The zero-order chi connectivity index (χ0) is 13.8. The molecule has 3 nitrogen and oxygen atoms in total. The predicted molar refractivity (Wildman–Crippen MR) is 74.5 cm³/mol. The molecule has 4 aliphatic rings. The number of rotatable bonds is 4. The van der Waals surface area contributed by atoms with Crippen LogP contribution in [0.3, 0.4) is 0 Å². The Morgan fingerprint density at radius 2 is 1.63 bits per heavy atom. The van der Waals surface area contributed by atoms with Gasteiger partial charge in [-0.15, -0.1) is 0 Å². The fourth-order valence-corrected chi connectivity index (χ4v) is 5.77. The van der Waals surface area contributed by atoms with E-state index in [4.69, 9.17) is 5.73 Å². The molecule has 19 heavy (non-hydrogen) atoms. The van der Waals surface area contributed by atoms with Gasteiger partial charge in [0.2, 0.25) is 0 Å². The zero-order valence-electron chi connectivity index (χ0n) is 12.1. The first kappa shape index (κ1) is 13.4. The number of hydrogen-bond acceptors (Lipinski definition) is 2. The second-order valence-electron chi connectivity index (χ2n) is 7.79. The van der Waals surface area contributed by atoms with E-state index < -0.39 is 11.5 Å². The summed E-state index contributed by atoms with van der Waals surface area (Å²) < 4.78 is 0. The number of hydrogen-bond donors (Lipinski definition) is 2. The van der Waals surface area contributed by atoms with Crippen molar-refractivity contribution in [2.45, 2.75) is 57.9 Å². The van der Waals surface area contributed by atoms with Gasteiger partial charge in [-0.2, -0.15) is 0 Å². The Bertz CT molecular complexity index is 351. The molecule has 0 amide bonds. The minimum Gasteiger partial charge on any atom is -0.481 e. The Morgan fingerprint density at radius 1 is 1.16 bits per heavy atom. The van der Waals surface area contributed by atoms with Gasteiger partial charge in [-0.3, -0.25) is 4.79 Å². The predicted octanol–water partition coefficient (Wildman–Crippen LogP) is 2.89. The van der Waals surface area contributed by atoms with Gasteiger partial charge in [-0.1, -0.05) is 13.8 Å². The first-order valence-electron chi connectivity index (χ1n) is 7.90. The van der Waals surface area contributed by atoms with E-state index >= 15 is 0 Å². The zero-order valence-corrected chi connectivity index (χ0v) is 12.1. The highest BCUT2D eigenvalue weighted by molar-refractivity contribution is 5.68. The minimum absolute atomic E-state index is 0.137. The Labute approximate surface area is 115 Å². The highest BCUT2D eigenvalue weighted by Crippen LogP contribution is 2.60. The Balaban J connectivity index is 1.88. The largest absolute Gasteiger partial charge is 0.481 e. The van der Waals surface area contributed by atoms with Crippen LogP contribution in [0.15, 0.2) is 0 Å². The summed E-state index contributed by atoms with van der Waals surface area (Å²) in [5, 5.41) is 9.27. The molecule has 0 aliphatic heterocycles. The third-order valence-electron chi connectivity index (χ3n) is 6.38. The van der Waals surface area contributed by atoms with Crippen LogP contribution in [-0.4, -0.2) is 16.6 Å². The summed E-state index contributed by atoms with van der Waals surface area (Å²) in [6.45, 7) is 4.21. The Kier molecular flexibility index (Phi) is 3.16. The molecule has 0 saturated heterocycles. The average Bonchev–Trinajstić information content (AvgIpc) is 2.25. The number of nitrogens with two attached hydrogens (primary N) is 1. The van der Waals surface area contributed by atoms with Crippen LogP contribution >= 0.6 is 0 Å². The third kappa shape index (κ3) is 2.10. The Hall–Kier alpha value is -0.570. The van der Waals surface area contributed by atoms with Crippen molar-refractivity contribution >= 4 is 5.97 Å². The fraction of sp³-hybridized carbons (Fsp3) is 0.938. The summed E-state index contributed by atoms with van der Waals surface area (Å²) in [5.74, 6) is 3.18. The standard InChI is InChI=1S/C16H27NO2/c1-9(2)16(17,8-14(18)19)15-12-4-10-3-11(6-12)7-13(15)5-10/h9-13,15H,3-8,17H2,1-2H3,(H,18,19). The lowest BCUT2D eigenvalue weighted by atomic mass is 9.47. The first-order valence-corrected chi connectivity index (χ1v) is 7.90. The van der Waals surface area contributed by atoms with E-state index in [2.05, 4.69) is 13.8 Å². The molecule has 3 heteroatoms. The molecule has 0 aromatic heterocycles. The molecule has 4 fully saturated rings. The molecule has 4 bridgehead atoms. The highest BCUT2D eigenvalue weighted by Gasteiger charge is 2.55. The van der Waals surface area contributed by atoms with Crippen molar-refractivity contribution in [3.05, 3.63) is 0 Å². The van der Waals surface area contributed by atoms with E-state index in [-0.39, 0.29) is 12.3 Å². The van der Waals surface area contributed by atoms with Crippen LogP contribution in [0.5, 0.6) is 0 Å². The molecule has 0 aromatic rings. The van der Waals surface area contributed by atoms with E-state index in [9.17, 15) is 9.90 Å². The number of aliphatic carboxylic acids is 1. The summed E-state index contributed by atoms with van der Waals surface area (Å²) >= 11 is 0. The van der Waals surface area contributed by atoms with Crippen LogP contribution in [0.2, 0.25) is 0 Å². The lowest BCUT2D eigenvalue weighted by Gasteiger charge is -2.60. The van der Waals surface area contributed by atoms with Gasteiger partial charge >= 0.3 is 5.97 Å². The molecule has 0 heterocycles. The number of carboxylic acid groups (broad SMARTS) is 1. The average molecular weight is 265 g/mol. The van der Waals surface area contributed by atoms with Gasteiger partial charge in [0.05, 0.1) is 6.42 Å². The molecule has 4 saturated carbocycles. The summed E-state index contributed by atoms with van der Waals surface area (Å²) in [6.07, 6.45) is 6.80. The van der Waals surface area contributed by atoms with Crippen molar-refractivity contribution < 1.29 is 9.90 Å². The molecule has 0 spiro atoms. The van der Waals surface area contributed by atoms with Crippen molar-refractivity contribution in [2.24, 2.45) is 41.2 Å². The van der Waals surface area contributed by atoms with Crippen LogP contribution in [-0.2, 0) is 4.79 Å². The summed E-state index contributed by atoms with van der Waals surface area (Å²) in [7, 11) is 0. The quantitative estimate of drug-likeness (QED) is 0.821. The first-order chi connectivity index (χ1) is 8.90. The van der Waals surface area contributed by atoms with Gasteiger partial charge in [-0.25, -0.2) is 0 Å². The molecule has 4 rings (SSSR count). The summed E-state index contributed by atoms with van der Waals surface area (Å²) in [4.78, 5) is 11.3. The van der Waals surface area contributed by atoms with Gasteiger partial charge in [0.25, 0.3) is 0 Å². The fourth-order valence-electron chi connectivity index (χ4n) is 5.77. The van der Waals surface area contributed by atoms with Crippen LogP contribution in [0.25, 0.3) is 0 Å². The van der Waals surface area contributed by atoms with Crippen molar-refractivity contribution in [1.82, 2.24) is 0 Å². The van der Waals surface area contributed by atoms with Crippen LogP contribution in [0.1, 0.15) is 52.4 Å². The molecule has 0 radical (unpaired) electrons. The molecule has 1 unspecified atom stereocenters. The smallest absolute Gasteiger partial charge is 0.305 e. The van der Waals surface area contributed by atoms with Gasteiger partial charge < -0.3 is 10.8 Å². The van der Waals surface area contributed by atoms with Crippen LogP contribution < -0.4 is 5.73 Å². The molecule has 0 aromatic carbocycles. The lowest BCUT2D eigenvalue weighted by Crippen LogP contribution is -2.62. The number of carboxylic acids is 1. The third-order valence-corrected chi connectivity index (χ3v) is 6.38. The van der Waals surface area contributed by atoms with E-state index in [0.717, 1.165) is 11.8 Å². The number of carbonyl (C=O) groups is 1. The van der Waals surface area contributed by atoms with Gasteiger partial charge in [-0.05, 0) is 67.6 Å². The van der Waals surface area contributed by atoms with Crippen molar-refractivity contribution in [2.75, 3.05) is 0 Å². The maximum atomic E-state index is 11.3. The highest BCUT2D eigenvalue weighted by atomic mass is 16.4. The van der Waals surface area contributed by atoms with E-state index in [0.29, 0.717) is 17.8 Å². The maximum absolute atomic E-state index is 11.3. The topological polar surface area (TPSA) is 63.3 Å². The van der Waals surface area contributed by atoms with Crippen LogP contribution in [0.4, 0.5) is 0 Å². The van der Waals surface area contributed by atoms with Gasteiger partial charge in [0.1, 0.15) is 0 Å². The van der Waals surface area contributed by atoms with E-state index in [1.165, 1.54) is 32.1 Å². The summed E-state index contributed by atoms with van der Waals surface area (Å²) in [5.41, 5.74) is 6.18. The molecule has 1 atom stereocenters. The van der Waals surface area contributed by atoms with Crippen molar-refractivity contribution in [1.29, 1.82) is 0 Å². The maximum Gasteiger partial charge on any atom is 0.305 e. The summed E-state index contributed by atoms with van der Waals surface area (Å²) in [6, 6.07) is 0. The lowest BCUT2D eigenvalue weighted by molar-refractivity contribution is -0.143. The second kappa shape index (κ2) is 4.47. The molecule has 4 aliphatic carbocycles. The molecule has 108 valence electrons. The van der Waals surface area contributed by atoms with Crippen molar-refractivity contribution in [3.63, 3.8) is 0 Å². The molecule has 3 N–H and O–H groups in total.